The highest BCUT2D eigenvalue weighted by Gasteiger charge is 2.65. The molecule has 5 aliphatic carbocycles. The van der Waals surface area contributed by atoms with Crippen molar-refractivity contribution in [1.29, 1.82) is 0 Å². The van der Waals surface area contributed by atoms with Gasteiger partial charge in [0.2, 0.25) is 0 Å². The molecule has 146 valence electrons. The van der Waals surface area contributed by atoms with Crippen molar-refractivity contribution < 1.29 is 19.1 Å². The number of esters is 1. The summed E-state index contributed by atoms with van der Waals surface area (Å²) >= 11 is 0. The Hall–Kier alpha value is -2.23. The number of carbonyl (C=O) groups is 3. The molecule has 1 fully saturated rings. The molecule has 5 aliphatic rings. The van der Waals surface area contributed by atoms with E-state index in [4.69, 9.17) is 4.74 Å². The lowest BCUT2D eigenvalue weighted by Crippen LogP contribution is -2.46. The fourth-order valence-corrected chi connectivity index (χ4v) is 6.83. The number of carbonyl (C=O) groups excluding carboxylic acids is 3. The van der Waals surface area contributed by atoms with Crippen LogP contribution in [0.2, 0.25) is 0 Å². The number of rotatable bonds is 1. The molecular formula is C24H26O4. The molecule has 0 heterocycles. The third-order valence-electron chi connectivity index (χ3n) is 8.44. The van der Waals surface area contributed by atoms with Crippen molar-refractivity contribution in [1.82, 2.24) is 0 Å². The highest BCUT2D eigenvalue weighted by atomic mass is 16.5. The predicted octanol–water partition coefficient (Wildman–Crippen LogP) is 4.03. The summed E-state index contributed by atoms with van der Waals surface area (Å²) in [4.78, 5) is 38.0. The van der Waals surface area contributed by atoms with Crippen LogP contribution in [0.25, 0.3) is 0 Å². The molecule has 1 saturated carbocycles. The van der Waals surface area contributed by atoms with Gasteiger partial charge in [0.05, 0.1) is 18.4 Å². The van der Waals surface area contributed by atoms with Crippen molar-refractivity contribution in [3.8, 4) is 0 Å². The summed E-state index contributed by atoms with van der Waals surface area (Å²) in [6, 6.07) is 0. The maximum absolute atomic E-state index is 13.2. The third kappa shape index (κ3) is 1.89. The Balaban J connectivity index is 1.75. The molecule has 0 radical (unpaired) electrons. The van der Waals surface area contributed by atoms with Crippen molar-refractivity contribution in [2.45, 2.75) is 52.4 Å². The number of fused-ring (bicyclic) bond motifs is 3. The van der Waals surface area contributed by atoms with E-state index < -0.39 is 11.3 Å². The molecule has 0 aliphatic heterocycles. The molecule has 0 amide bonds. The lowest BCUT2D eigenvalue weighted by atomic mass is 9.51. The van der Waals surface area contributed by atoms with Crippen molar-refractivity contribution in [2.75, 3.05) is 7.11 Å². The fraction of sp³-hybridized carbons (Fsp3) is 0.542. The van der Waals surface area contributed by atoms with Crippen LogP contribution in [0.4, 0.5) is 0 Å². The minimum atomic E-state index is -0.441. The average molecular weight is 378 g/mol. The molecule has 4 atom stereocenters. The van der Waals surface area contributed by atoms with E-state index in [2.05, 4.69) is 19.9 Å². The first-order chi connectivity index (χ1) is 13.3. The Bertz CT molecular complexity index is 961. The highest BCUT2D eigenvalue weighted by molar-refractivity contribution is 6.02. The van der Waals surface area contributed by atoms with Crippen LogP contribution in [0.3, 0.4) is 0 Å². The van der Waals surface area contributed by atoms with E-state index in [1.54, 1.807) is 12.2 Å². The lowest BCUT2D eigenvalue weighted by Gasteiger charge is -2.51. The van der Waals surface area contributed by atoms with E-state index in [1.165, 1.54) is 12.7 Å². The van der Waals surface area contributed by atoms with Crippen LogP contribution in [0, 0.1) is 22.2 Å². The molecule has 0 bridgehead atoms. The van der Waals surface area contributed by atoms with Gasteiger partial charge in [-0.25, -0.2) is 0 Å². The summed E-state index contributed by atoms with van der Waals surface area (Å²) < 4.78 is 5.17. The predicted molar refractivity (Wildman–Crippen MR) is 104 cm³/mol. The summed E-state index contributed by atoms with van der Waals surface area (Å²) in [5, 5.41) is 0. The Kier molecular flexibility index (Phi) is 3.46. The van der Waals surface area contributed by atoms with Crippen LogP contribution < -0.4 is 0 Å². The molecule has 28 heavy (non-hydrogen) atoms. The summed E-state index contributed by atoms with van der Waals surface area (Å²) in [5.41, 5.74) is 3.50. The minimum Gasteiger partial charge on any atom is -0.469 e. The molecule has 0 aromatic carbocycles. The standard InChI is InChI=1S/C24H26O4/c1-22-8-5-18-20-16(21(27)28-3)13-14-12-15(25)4-10-23(14,2)17(20)6-11-24(18,22)19(26)7-9-22/h4-5,10,12,16H,6-9,11,13H2,1-3H3/t16-,22+,23?,24-/m1/s1. The highest BCUT2D eigenvalue weighted by Crippen LogP contribution is 2.70. The van der Waals surface area contributed by atoms with Crippen molar-refractivity contribution in [3.63, 3.8) is 0 Å². The average Bonchev–Trinajstić information content (AvgIpc) is 3.11. The Morgan fingerprint density at radius 2 is 1.96 bits per heavy atom. The van der Waals surface area contributed by atoms with Gasteiger partial charge < -0.3 is 4.74 Å². The van der Waals surface area contributed by atoms with Crippen molar-refractivity contribution in [3.05, 3.63) is 46.6 Å². The van der Waals surface area contributed by atoms with E-state index in [1.807, 2.05) is 6.08 Å². The van der Waals surface area contributed by atoms with Crippen LogP contribution >= 0.6 is 0 Å². The molecule has 0 N–H and O–H groups in total. The lowest BCUT2D eigenvalue weighted by molar-refractivity contribution is -0.144. The quantitative estimate of drug-likeness (QED) is 0.647. The zero-order valence-corrected chi connectivity index (χ0v) is 16.8. The topological polar surface area (TPSA) is 60.4 Å². The number of methoxy groups -OCH3 is 1. The summed E-state index contributed by atoms with van der Waals surface area (Å²) in [5.74, 6) is -0.381. The summed E-state index contributed by atoms with van der Waals surface area (Å²) in [7, 11) is 1.42. The van der Waals surface area contributed by atoms with Crippen LogP contribution in [0.5, 0.6) is 0 Å². The second kappa shape index (κ2) is 5.43. The van der Waals surface area contributed by atoms with E-state index in [0.717, 1.165) is 42.4 Å². The van der Waals surface area contributed by atoms with Gasteiger partial charge in [-0.2, -0.15) is 0 Å². The molecule has 1 unspecified atom stereocenters. The Morgan fingerprint density at radius 3 is 2.71 bits per heavy atom. The van der Waals surface area contributed by atoms with Crippen LogP contribution in [-0.2, 0) is 19.1 Å². The SMILES string of the molecule is COC(=O)[C@@H]1CC2=CC(=O)C=CC2(C)C2=C1C1=CC[C@@]3(C)CCC(=O)[C@@]13CC2. The van der Waals surface area contributed by atoms with E-state index >= 15 is 0 Å². The largest absolute Gasteiger partial charge is 0.469 e. The third-order valence-corrected chi connectivity index (χ3v) is 8.44. The first kappa shape index (κ1) is 17.8. The van der Waals surface area contributed by atoms with Crippen LogP contribution in [0.1, 0.15) is 52.4 Å². The molecule has 0 aromatic heterocycles. The van der Waals surface area contributed by atoms with Gasteiger partial charge in [0.25, 0.3) is 0 Å². The van der Waals surface area contributed by atoms with Gasteiger partial charge in [-0.3, -0.25) is 14.4 Å². The van der Waals surface area contributed by atoms with Crippen molar-refractivity contribution >= 4 is 17.5 Å². The smallest absolute Gasteiger partial charge is 0.313 e. The maximum atomic E-state index is 13.2. The molecular weight excluding hydrogens is 352 g/mol. The first-order valence-electron chi connectivity index (χ1n) is 10.3. The summed E-state index contributed by atoms with van der Waals surface area (Å²) in [6.07, 6.45) is 12.1. The monoisotopic (exact) mass is 378 g/mol. The van der Waals surface area contributed by atoms with E-state index in [0.29, 0.717) is 18.6 Å². The number of Topliss-reactive ketones (excluding diaryl/α,β-unsaturated/α-hetero) is 1. The zero-order valence-electron chi connectivity index (χ0n) is 16.8. The zero-order chi connectivity index (χ0) is 19.9. The number of ketones is 2. The normalized spacial score (nSPS) is 41.0. The van der Waals surface area contributed by atoms with Gasteiger partial charge in [0.15, 0.2) is 5.78 Å². The molecule has 5 rings (SSSR count). The molecule has 4 heteroatoms. The van der Waals surface area contributed by atoms with Gasteiger partial charge in [0.1, 0.15) is 5.78 Å². The summed E-state index contributed by atoms with van der Waals surface area (Å²) in [6.45, 7) is 4.39. The maximum Gasteiger partial charge on any atom is 0.313 e. The molecule has 0 saturated heterocycles. The van der Waals surface area contributed by atoms with Gasteiger partial charge in [-0.15, -0.1) is 0 Å². The Labute approximate surface area is 165 Å². The number of ether oxygens (including phenoxy) is 1. The molecule has 0 aromatic rings. The van der Waals surface area contributed by atoms with Crippen LogP contribution in [0.15, 0.2) is 46.6 Å². The van der Waals surface area contributed by atoms with Gasteiger partial charge in [0, 0.05) is 11.8 Å². The fourth-order valence-electron chi connectivity index (χ4n) is 6.83. The van der Waals surface area contributed by atoms with Gasteiger partial charge >= 0.3 is 5.97 Å². The molecule has 1 spiro atoms. The number of hydrogen-bond acceptors (Lipinski definition) is 4. The molecule has 4 nitrogen and oxygen atoms in total. The first-order valence-corrected chi connectivity index (χ1v) is 10.3. The second-order valence-electron chi connectivity index (χ2n) is 9.49. The van der Waals surface area contributed by atoms with E-state index in [9.17, 15) is 14.4 Å². The number of allylic oxidation sites excluding steroid dienone is 7. The van der Waals surface area contributed by atoms with E-state index in [-0.39, 0.29) is 22.6 Å². The second-order valence-corrected chi connectivity index (χ2v) is 9.49. The van der Waals surface area contributed by atoms with Gasteiger partial charge in [-0.05, 0) is 67.7 Å². The minimum absolute atomic E-state index is 0.0222. The number of hydrogen-bond donors (Lipinski definition) is 0. The Morgan fingerprint density at radius 1 is 1.18 bits per heavy atom. The van der Waals surface area contributed by atoms with Gasteiger partial charge in [-0.1, -0.05) is 30.2 Å². The van der Waals surface area contributed by atoms with Crippen molar-refractivity contribution in [2.24, 2.45) is 22.2 Å². The van der Waals surface area contributed by atoms with Crippen LogP contribution in [-0.4, -0.2) is 24.6 Å².